The largest absolute Gasteiger partial charge is 0.504 e. The highest BCUT2D eigenvalue weighted by atomic mass is 79.9. The number of rotatable bonds is 9. The number of methoxy groups -OCH3 is 2. The maximum Gasteiger partial charge on any atom is 0.353 e. The van der Waals surface area contributed by atoms with E-state index in [1.165, 1.54) is 36.4 Å². The van der Waals surface area contributed by atoms with Crippen LogP contribution in [-0.2, 0) is 87.7 Å². The number of ether oxygens (including phenoxy) is 8. The monoisotopic (exact) mass is 1960 g/mol. The molecule has 0 atom stereocenters. The molecule has 0 saturated carbocycles. The van der Waals surface area contributed by atoms with Gasteiger partial charge >= 0.3 is 18.7 Å². The first-order valence-electron chi connectivity index (χ1n) is 45.1. The van der Waals surface area contributed by atoms with Crippen molar-refractivity contribution in [3.05, 3.63) is 222 Å². The second-order valence-corrected chi connectivity index (χ2v) is 32.6. The number of aliphatic hydroxyl groups is 1. The van der Waals surface area contributed by atoms with E-state index in [0.717, 1.165) is 42.5 Å². The van der Waals surface area contributed by atoms with Crippen molar-refractivity contribution < 1.29 is 158 Å². The summed E-state index contributed by atoms with van der Waals surface area (Å²) in [6, 6.07) is 31.2. The van der Waals surface area contributed by atoms with Gasteiger partial charge in [0.15, 0.2) is 43.1 Å². The fourth-order valence-corrected chi connectivity index (χ4v) is 7.56. The number of fused-ring (bicyclic) bond motifs is 4. The maximum absolute atomic E-state index is 11.4. The van der Waals surface area contributed by atoms with Crippen molar-refractivity contribution in [2.75, 3.05) is 64.0 Å². The summed E-state index contributed by atoms with van der Waals surface area (Å²) in [4.78, 5) is -1.53. The lowest BCUT2D eigenvalue weighted by Gasteiger charge is -2.18. The van der Waals surface area contributed by atoms with E-state index < -0.39 is 221 Å². The second kappa shape index (κ2) is 57.0. The van der Waals surface area contributed by atoms with E-state index in [-0.39, 0.29) is 61.0 Å². The molecule has 106 heavy (non-hydrogen) atoms. The van der Waals surface area contributed by atoms with Crippen LogP contribution in [0.25, 0.3) is 0 Å². The summed E-state index contributed by atoms with van der Waals surface area (Å²) in [7, 11) is -3.04. The van der Waals surface area contributed by atoms with Crippen LogP contribution in [-0.4, -0.2) is 139 Å². The van der Waals surface area contributed by atoms with E-state index in [9.17, 15) is 25.3 Å². The Hall–Kier alpha value is -4.14. The Balaban J connectivity index is 0.00000159. The lowest BCUT2D eigenvalue weighted by Crippen LogP contribution is -2.15. The Morgan fingerprint density at radius 3 is 1.17 bits per heavy atom. The Bertz CT molecular complexity index is 6150. The molecular weight excluding hydrogens is 1860 g/mol. The number of hydrogen-bond donors (Lipinski definition) is 5. The van der Waals surface area contributed by atoms with Gasteiger partial charge in [0.05, 0.1) is 90.0 Å². The number of phenolic OH excluding ortho intramolecular Hbond substituents is 2. The fourth-order valence-electron chi connectivity index (χ4n) is 5.40. The van der Waals surface area contributed by atoms with Gasteiger partial charge in [-0.2, -0.15) is 16.8 Å². The van der Waals surface area contributed by atoms with Crippen LogP contribution in [0.15, 0.2) is 209 Å². The Kier molecular flexibility index (Phi) is 28.5. The summed E-state index contributed by atoms with van der Waals surface area (Å²) >= 11 is 33.9. The molecule has 590 valence electrons. The maximum atomic E-state index is 11.4. The number of halogens is 13. The van der Waals surface area contributed by atoms with E-state index in [1.54, 1.807) is 72.8 Å². The number of benzene rings is 8. The highest BCUT2D eigenvalue weighted by molar-refractivity contribution is 9.11. The zero-order chi connectivity index (χ0) is 115. The third-order valence-corrected chi connectivity index (χ3v) is 14.0. The first kappa shape index (κ1) is 53.0. The molecule has 0 bridgehead atoms. The lowest BCUT2D eigenvalue weighted by atomic mass is 10.2. The minimum atomic E-state index is -4.56. The Morgan fingerprint density at radius 1 is 0.443 bits per heavy atom. The van der Waals surface area contributed by atoms with Crippen LogP contribution < -0.4 is 28.4 Å². The third-order valence-electron chi connectivity index (χ3n) is 9.15. The molecule has 12 rings (SSSR count). The smallest absolute Gasteiger partial charge is 0.353 e. The molecule has 0 unspecified atom stereocenters. The molecule has 8 aromatic rings. The molecule has 0 spiro atoms. The van der Waals surface area contributed by atoms with Gasteiger partial charge in [0.25, 0.3) is 27.2 Å². The molecule has 4 heterocycles. The number of hydrogen-bond acceptors (Lipinski definition) is 21. The number of alkyl halides is 8. The Morgan fingerprint density at radius 2 is 0.783 bits per heavy atom. The summed E-state index contributed by atoms with van der Waals surface area (Å²) in [5.41, 5.74) is -0.843. The molecule has 0 saturated heterocycles. The zero-order valence-electron chi connectivity index (χ0n) is 90.1. The van der Waals surface area contributed by atoms with Gasteiger partial charge < -0.3 is 53.2 Å². The standard InChI is InChI=1S/C8H7ClO4S.C8H7ClO3S.C8H9ClO3S.C8H8O2.C8H8O.C8H10O.C7H8O.C6H6O2.C2H4Br2.2CHCl3.2ClHO3S/c9-14(10,11)6-1-2-7-8(5-6)13-4-3-12-7;9-13(10,11)7-1-2-8-6(5-7)3-4-12-8;1-12-6-7-2-4-8(5-3-7)13(9,10)11;1-2-4-8-7(3-1)9-5-6-10-8;1-2-4-8-7(3-1)5-6-9-8;1-9-7-8-5-3-2-4-6-8;8-6-7-4-2-1-3-5-7;7-5-3-1-2-4-6(5)8;3-1-2-4;2*2-1(3)4;2*1-5(2,3)4/h1-2,5H,3-4H2;1-2,5H,3-4H2;2-5H,6H2,1H3;1-4H,5-6H2;1-4H,5-6H2;2-6H,7H2,1H3;1-5,8H,6H2;1-4,7-8H;1-2H2;2*1H;2*(H,2,3,4)/i3D2,4D2;1D,2D,3D2,4D2,5D;1D3,6D2;5D2,6D2;1D,2D,3D,4D,5D2,6D2;1D3,7D2;6D2;;1D2,2D2;;;;. The molecular formula is C65H71Br2Cl11O23S5. The molecule has 0 fully saturated rings. The predicted molar refractivity (Wildman–Crippen MR) is 427 cm³/mol. The molecule has 0 aromatic heterocycles. The van der Waals surface area contributed by atoms with Gasteiger partial charge in [0, 0.05) is 108 Å². The van der Waals surface area contributed by atoms with Gasteiger partial charge in [-0.3, -0.25) is 9.11 Å². The molecule has 8 aromatic carbocycles. The van der Waals surface area contributed by atoms with Gasteiger partial charge in [0.2, 0.25) is 0 Å². The summed E-state index contributed by atoms with van der Waals surface area (Å²) in [6.45, 7) is -23.0. The third kappa shape index (κ3) is 54.5. The average Bonchev–Trinajstić information content (AvgIpc) is 1.56. The fraction of sp³-hybridized carbons (Fsp3) is 0.262. The van der Waals surface area contributed by atoms with Crippen molar-refractivity contribution in [3.8, 4) is 46.0 Å². The van der Waals surface area contributed by atoms with Crippen molar-refractivity contribution in [1.82, 2.24) is 0 Å². The lowest BCUT2D eigenvalue weighted by molar-refractivity contribution is 0.171. The van der Waals surface area contributed by atoms with Gasteiger partial charge in [-0.05, 0) is 101 Å². The second-order valence-electron chi connectivity index (χ2n) is 16.2. The molecule has 0 radical (unpaired) electrons. The average molecular weight is 1970 g/mol. The van der Waals surface area contributed by atoms with Gasteiger partial charge in [-0.15, -0.1) is 0 Å². The summed E-state index contributed by atoms with van der Waals surface area (Å²) in [5, 5.41) is 22.2. The van der Waals surface area contributed by atoms with E-state index in [0.29, 0.717) is 0 Å². The van der Waals surface area contributed by atoms with Crippen molar-refractivity contribution in [3.63, 3.8) is 0 Å². The predicted octanol–water partition coefficient (Wildman–Crippen LogP) is 17.7. The van der Waals surface area contributed by atoms with Crippen LogP contribution in [0, 0.1) is 0 Å². The quantitative estimate of drug-likeness (QED) is 0.0388. The van der Waals surface area contributed by atoms with E-state index in [4.69, 9.17) is 220 Å². The minimum Gasteiger partial charge on any atom is -0.504 e. The normalized spacial score (nSPS) is 22.3. The van der Waals surface area contributed by atoms with Crippen molar-refractivity contribution >= 4 is 201 Å². The molecule has 5 N–H and O–H groups in total. The summed E-state index contributed by atoms with van der Waals surface area (Å²) < 4.78 is 436. The molecule has 0 amide bonds. The minimum absolute atomic E-state index is 0.0764. The van der Waals surface area contributed by atoms with E-state index in [2.05, 4.69) is 67.4 Å². The van der Waals surface area contributed by atoms with E-state index >= 15 is 0 Å². The van der Waals surface area contributed by atoms with Crippen LogP contribution in [0.3, 0.4) is 0 Å². The molecule has 41 heteroatoms. The number of aromatic hydroxyl groups is 2. The van der Waals surface area contributed by atoms with Gasteiger partial charge in [0.1, 0.15) is 37.7 Å². The topological polar surface area (TPSA) is 346 Å². The highest BCUT2D eigenvalue weighted by Gasteiger charge is 2.19. The van der Waals surface area contributed by atoms with E-state index in [1.807, 2.05) is 0 Å². The van der Waals surface area contributed by atoms with Gasteiger partial charge in [-0.25, -0.2) is 25.3 Å². The summed E-state index contributed by atoms with van der Waals surface area (Å²) in [6.07, 6.45) is -5.46. The summed E-state index contributed by atoms with van der Waals surface area (Å²) in [5.74, 6) is -1.15. The molecule has 4 aliphatic heterocycles. The first-order valence-corrected chi connectivity index (χ1v) is 41.2. The van der Waals surface area contributed by atoms with Crippen molar-refractivity contribution in [2.45, 2.75) is 55.7 Å². The van der Waals surface area contributed by atoms with Crippen LogP contribution in [0.5, 0.6) is 46.0 Å². The van der Waals surface area contributed by atoms with Crippen LogP contribution in [0.4, 0.5) is 0 Å². The first-order chi connectivity index (χ1) is 64.2. The van der Waals surface area contributed by atoms with Crippen LogP contribution >= 0.6 is 155 Å². The molecule has 23 nitrogen and oxygen atoms in total. The van der Waals surface area contributed by atoms with Gasteiger partial charge in [-0.1, -0.05) is 217 Å². The molecule has 0 aliphatic carbocycles. The zero-order valence-corrected chi connectivity index (χ0v) is 66.7. The highest BCUT2D eigenvalue weighted by Crippen LogP contribution is 2.34. The number of para-hydroxylation sites is 5. The Labute approximate surface area is 741 Å². The molecule has 4 aliphatic rings. The van der Waals surface area contributed by atoms with Crippen LogP contribution in [0.2, 0.25) is 0 Å². The van der Waals surface area contributed by atoms with Crippen LogP contribution in [0.1, 0.15) is 81.3 Å². The van der Waals surface area contributed by atoms with Crippen molar-refractivity contribution in [2.24, 2.45) is 0 Å². The number of phenols is 2. The SMILES string of the molecule is ClC(Cl)Cl.ClC(Cl)Cl.O=S(=O)(O)Cl.O=S(=O)(O)Cl.Oc1ccccc1O.[2H]C([2H])(Br)C([2H])([2H])Br.[2H]C([2H])(O)c1ccccc1.[2H]C([2H])([2H])OC([2H])([2H])c1ccc(S(=O)(=O)Cl)cc1.[2H]C([2H])([2H])OC([2H])([2H])c1ccccc1.[2H]C1([2H])Oc2ccc(S(=O)(=O)Cl)cc2OC1([2H])[2H].[2H]C1([2H])Oc2ccccc2OC1([2H])[2H].[2H]c1c([2H])c(S(=O)(=O)Cl)c([2H])c2c1OC([2H])([2H])C2([2H])[2H].[2H]c1c([2H])c([2H])c2c(c1[2H])OC([2H])([2H])C2([2H])[2H]. The van der Waals surface area contributed by atoms with Crippen molar-refractivity contribution in [1.29, 1.82) is 0 Å².